The highest BCUT2D eigenvalue weighted by Crippen LogP contribution is 2.27. The van der Waals surface area contributed by atoms with Crippen LogP contribution in [0.1, 0.15) is 24.0 Å². The molecule has 0 aliphatic carbocycles. The van der Waals surface area contributed by atoms with Crippen LogP contribution in [0.15, 0.2) is 18.2 Å². The number of nitrogens with zero attached hydrogens (tertiary/aromatic N) is 1. The van der Waals surface area contributed by atoms with Crippen molar-refractivity contribution in [1.82, 2.24) is 0 Å². The van der Waals surface area contributed by atoms with Crippen molar-refractivity contribution >= 4 is 15.7 Å². The van der Waals surface area contributed by atoms with E-state index in [0.29, 0.717) is 12.2 Å². The summed E-state index contributed by atoms with van der Waals surface area (Å²) in [5.41, 5.74) is 7.81. The average molecular weight is 278 g/mol. The first kappa shape index (κ1) is 13.9. The van der Waals surface area contributed by atoms with Gasteiger partial charge in [-0.2, -0.15) is 0 Å². The average Bonchev–Trinajstić information content (AvgIpc) is 2.37. The van der Waals surface area contributed by atoms with Crippen LogP contribution in [0.2, 0.25) is 0 Å². The van der Waals surface area contributed by atoms with Gasteiger partial charge in [-0.25, -0.2) is 8.42 Å². The first-order chi connectivity index (χ1) is 9.04. The number of benzene rings is 1. The van der Waals surface area contributed by atoms with Crippen molar-refractivity contribution in [1.29, 1.82) is 0 Å². The Hall–Kier alpha value is -1.51. The molecule has 4 nitrogen and oxygen atoms in total. The van der Waals surface area contributed by atoms with Crippen molar-refractivity contribution in [3.8, 4) is 11.8 Å². The van der Waals surface area contributed by atoms with Crippen LogP contribution in [0, 0.1) is 18.8 Å². The van der Waals surface area contributed by atoms with Crippen molar-refractivity contribution in [2.24, 2.45) is 5.73 Å². The number of hydrogen-bond donors (Lipinski definition) is 1. The van der Waals surface area contributed by atoms with E-state index >= 15 is 0 Å². The standard InChI is InChI=1S/C14H18N2O2S/c1-12-6-7-13(5-4-8-15)14(11-12)16-9-2-3-10-19(16,17)18/h6-7,11H,2-3,8-10,15H2,1H3. The van der Waals surface area contributed by atoms with E-state index in [9.17, 15) is 8.42 Å². The van der Waals surface area contributed by atoms with E-state index in [2.05, 4.69) is 11.8 Å². The van der Waals surface area contributed by atoms with Crippen molar-refractivity contribution < 1.29 is 8.42 Å². The fraction of sp³-hybridized carbons (Fsp3) is 0.429. The van der Waals surface area contributed by atoms with Crippen LogP contribution in [-0.2, 0) is 10.0 Å². The molecular formula is C14H18N2O2S. The third-order valence-electron chi connectivity index (χ3n) is 3.10. The number of anilines is 1. The molecule has 0 bridgehead atoms. The Labute approximate surface area is 114 Å². The summed E-state index contributed by atoms with van der Waals surface area (Å²) < 4.78 is 25.8. The van der Waals surface area contributed by atoms with E-state index < -0.39 is 10.0 Å². The first-order valence-corrected chi connectivity index (χ1v) is 7.95. The summed E-state index contributed by atoms with van der Waals surface area (Å²) in [7, 11) is -3.21. The van der Waals surface area contributed by atoms with E-state index in [1.165, 1.54) is 4.31 Å². The van der Waals surface area contributed by atoms with Gasteiger partial charge in [0.15, 0.2) is 0 Å². The lowest BCUT2D eigenvalue weighted by Gasteiger charge is -2.29. The molecule has 19 heavy (non-hydrogen) atoms. The minimum atomic E-state index is -3.21. The van der Waals surface area contributed by atoms with Crippen LogP contribution < -0.4 is 10.0 Å². The van der Waals surface area contributed by atoms with Crippen molar-refractivity contribution in [3.05, 3.63) is 29.3 Å². The Kier molecular flexibility index (Phi) is 4.13. The summed E-state index contributed by atoms with van der Waals surface area (Å²) in [6.07, 6.45) is 1.62. The predicted octanol–water partition coefficient (Wildman–Crippen LogP) is 1.24. The van der Waals surface area contributed by atoms with Gasteiger partial charge in [-0.15, -0.1) is 0 Å². The van der Waals surface area contributed by atoms with Crippen molar-refractivity contribution in [3.63, 3.8) is 0 Å². The fourth-order valence-electron chi connectivity index (χ4n) is 2.16. The highest BCUT2D eigenvalue weighted by atomic mass is 32.2. The van der Waals surface area contributed by atoms with E-state index in [-0.39, 0.29) is 12.3 Å². The lowest BCUT2D eigenvalue weighted by Crippen LogP contribution is -2.38. The van der Waals surface area contributed by atoms with Crippen LogP contribution in [0.25, 0.3) is 0 Å². The second-order valence-corrected chi connectivity index (χ2v) is 6.63. The van der Waals surface area contributed by atoms with Gasteiger partial charge in [-0.1, -0.05) is 17.9 Å². The molecule has 102 valence electrons. The molecule has 0 amide bonds. The minimum absolute atomic E-state index is 0.213. The van der Waals surface area contributed by atoms with Gasteiger partial charge < -0.3 is 5.73 Å². The Bertz CT molecular complexity index is 627. The summed E-state index contributed by atoms with van der Waals surface area (Å²) in [6.45, 7) is 2.74. The lowest BCUT2D eigenvalue weighted by atomic mass is 10.1. The zero-order valence-corrected chi connectivity index (χ0v) is 11.8. The fourth-order valence-corrected chi connectivity index (χ4v) is 3.81. The molecule has 0 radical (unpaired) electrons. The number of nitrogens with two attached hydrogens (primary N) is 1. The van der Waals surface area contributed by atoms with Crippen LogP contribution in [-0.4, -0.2) is 27.3 Å². The highest BCUT2D eigenvalue weighted by molar-refractivity contribution is 7.92. The second-order valence-electron chi connectivity index (χ2n) is 4.62. The van der Waals surface area contributed by atoms with Crippen LogP contribution in [0.4, 0.5) is 5.69 Å². The van der Waals surface area contributed by atoms with E-state index in [1.807, 2.05) is 25.1 Å². The summed E-state index contributed by atoms with van der Waals surface area (Å²) >= 11 is 0. The number of rotatable bonds is 1. The molecule has 1 aromatic rings. The molecule has 1 heterocycles. The Morgan fingerprint density at radius 2 is 2.16 bits per heavy atom. The van der Waals surface area contributed by atoms with Gasteiger partial charge in [0.1, 0.15) is 0 Å². The molecule has 5 heteroatoms. The van der Waals surface area contributed by atoms with E-state index in [1.54, 1.807) is 0 Å². The molecule has 0 aromatic heterocycles. The monoisotopic (exact) mass is 278 g/mol. The van der Waals surface area contributed by atoms with Gasteiger partial charge in [0.25, 0.3) is 0 Å². The van der Waals surface area contributed by atoms with E-state index in [4.69, 9.17) is 5.73 Å². The Morgan fingerprint density at radius 3 is 2.84 bits per heavy atom. The second kappa shape index (κ2) is 5.64. The van der Waals surface area contributed by atoms with Crippen molar-refractivity contribution in [2.45, 2.75) is 19.8 Å². The SMILES string of the molecule is Cc1ccc(C#CCN)c(N2CCCCS2(=O)=O)c1. The largest absolute Gasteiger partial charge is 0.320 e. The molecular weight excluding hydrogens is 260 g/mol. The predicted molar refractivity (Wildman–Crippen MR) is 77.5 cm³/mol. The molecule has 1 saturated heterocycles. The molecule has 1 aromatic carbocycles. The van der Waals surface area contributed by atoms with Gasteiger partial charge >= 0.3 is 0 Å². The smallest absolute Gasteiger partial charge is 0.235 e. The third kappa shape index (κ3) is 3.09. The van der Waals surface area contributed by atoms with Gasteiger partial charge in [0.05, 0.1) is 18.0 Å². The maximum Gasteiger partial charge on any atom is 0.235 e. The molecule has 2 N–H and O–H groups in total. The minimum Gasteiger partial charge on any atom is -0.320 e. The molecule has 0 atom stereocenters. The van der Waals surface area contributed by atoms with Crippen molar-refractivity contribution in [2.75, 3.05) is 23.1 Å². The first-order valence-electron chi connectivity index (χ1n) is 6.34. The molecule has 0 unspecified atom stereocenters. The summed E-state index contributed by atoms with van der Waals surface area (Å²) in [5, 5.41) is 0. The van der Waals surface area contributed by atoms with E-state index in [0.717, 1.165) is 24.0 Å². The zero-order chi connectivity index (χ0) is 13.9. The van der Waals surface area contributed by atoms with Crippen LogP contribution in [0.5, 0.6) is 0 Å². The Morgan fingerprint density at radius 1 is 1.37 bits per heavy atom. The topological polar surface area (TPSA) is 63.4 Å². The number of hydrogen-bond acceptors (Lipinski definition) is 3. The summed E-state index contributed by atoms with van der Waals surface area (Å²) in [6, 6.07) is 5.67. The molecule has 1 aliphatic rings. The molecule has 1 fully saturated rings. The molecule has 0 saturated carbocycles. The zero-order valence-electron chi connectivity index (χ0n) is 11.0. The van der Waals surface area contributed by atoms with Crippen LogP contribution in [0.3, 0.4) is 0 Å². The van der Waals surface area contributed by atoms with Gasteiger partial charge in [-0.05, 0) is 37.5 Å². The highest BCUT2D eigenvalue weighted by Gasteiger charge is 2.27. The summed E-state index contributed by atoms with van der Waals surface area (Å²) in [5.74, 6) is 5.95. The van der Waals surface area contributed by atoms with Gasteiger partial charge in [-0.3, -0.25) is 4.31 Å². The Balaban J connectivity index is 2.50. The normalized spacial score (nSPS) is 17.7. The maximum absolute atomic E-state index is 12.2. The lowest BCUT2D eigenvalue weighted by molar-refractivity contribution is 0.574. The quantitative estimate of drug-likeness (QED) is 0.786. The maximum atomic E-state index is 12.2. The molecule has 1 aliphatic heterocycles. The molecule has 0 spiro atoms. The molecule has 2 rings (SSSR count). The number of aryl methyl sites for hydroxylation is 1. The summed E-state index contributed by atoms with van der Waals surface area (Å²) in [4.78, 5) is 0. The number of sulfonamides is 1. The van der Waals surface area contributed by atoms with Gasteiger partial charge in [0, 0.05) is 12.1 Å². The third-order valence-corrected chi connectivity index (χ3v) is 4.95. The van der Waals surface area contributed by atoms with Crippen LogP contribution >= 0.6 is 0 Å². The van der Waals surface area contributed by atoms with Gasteiger partial charge in [0.2, 0.25) is 10.0 Å².